The molecule has 0 saturated carbocycles. The normalized spacial score (nSPS) is 14.7. The molecule has 0 spiro atoms. The molecule has 0 bridgehead atoms. The van der Waals surface area contributed by atoms with Crippen molar-refractivity contribution in [3.8, 4) is 11.5 Å². The number of benzene rings is 4. The summed E-state index contributed by atoms with van der Waals surface area (Å²) < 4.78 is 15.9. The number of carbonyl (C=O) groups excluding carboxylic acids is 2. The van der Waals surface area contributed by atoms with E-state index in [-0.39, 0.29) is 16.8 Å². The molecule has 0 radical (unpaired) electrons. The molecule has 1 aliphatic heterocycles. The summed E-state index contributed by atoms with van der Waals surface area (Å²) >= 11 is 12.0. The Morgan fingerprint density at radius 3 is 2.44 bits per heavy atom. The first kappa shape index (κ1) is 26.5. The summed E-state index contributed by atoms with van der Waals surface area (Å²) in [4.78, 5) is 25.6. The van der Waals surface area contributed by atoms with Crippen molar-refractivity contribution in [1.29, 1.82) is 0 Å². The quantitative estimate of drug-likeness (QED) is 0.230. The second-order valence-corrected chi connectivity index (χ2v) is 9.71. The Morgan fingerprint density at radius 2 is 1.69 bits per heavy atom. The van der Waals surface area contributed by atoms with E-state index in [4.69, 9.17) is 37.4 Å². The van der Waals surface area contributed by atoms with Gasteiger partial charge < -0.3 is 14.2 Å². The van der Waals surface area contributed by atoms with E-state index in [2.05, 4.69) is 11.2 Å². The molecule has 0 aromatic heterocycles. The predicted octanol–water partition coefficient (Wildman–Crippen LogP) is 6.46. The summed E-state index contributed by atoms with van der Waals surface area (Å²) in [5.41, 5.74) is 2.57. The van der Waals surface area contributed by atoms with Gasteiger partial charge in [0.15, 0.2) is 13.2 Å². The molecule has 0 N–H and O–H groups in total. The van der Waals surface area contributed by atoms with Crippen molar-refractivity contribution in [2.24, 2.45) is 5.10 Å². The van der Waals surface area contributed by atoms with Crippen LogP contribution in [0.1, 0.15) is 23.6 Å². The average molecular weight is 563 g/mol. The van der Waals surface area contributed by atoms with Crippen molar-refractivity contribution >= 4 is 51.6 Å². The number of hydrazone groups is 1. The Bertz CT molecular complexity index is 1560. The van der Waals surface area contributed by atoms with Gasteiger partial charge in [0.05, 0.1) is 23.9 Å². The van der Waals surface area contributed by atoms with E-state index in [1.54, 1.807) is 19.2 Å². The number of esters is 1. The minimum absolute atomic E-state index is 0.265. The largest absolute Gasteiger partial charge is 0.497 e. The second kappa shape index (κ2) is 11.8. The van der Waals surface area contributed by atoms with E-state index < -0.39 is 25.1 Å². The average Bonchev–Trinajstić information content (AvgIpc) is 3.41. The van der Waals surface area contributed by atoms with Gasteiger partial charge in [-0.1, -0.05) is 71.7 Å². The standard InChI is InChI=1S/C30H24Cl2N2O5/c1-37-24-11-8-20(9-12-24)27-16-26(22-7-6-19-4-2-3-5-21(19)14-22)33-34(27)29(35)17-39-30(36)18-38-28-13-10-23(31)15-25(28)32/h2-15,27H,16-18H2,1H3. The summed E-state index contributed by atoms with van der Waals surface area (Å²) in [5, 5.41) is 8.97. The third-order valence-electron chi connectivity index (χ3n) is 6.35. The Hall–Kier alpha value is -4.07. The predicted molar refractivity (Wildman–Crippen MR) is 151 cm³/mol. The molecule has 1 aliphatic rings. The lowest BCUT2D eigenvalue weighted by Gasteiger charge is -2.22. The molecule has 198 valence electrons. The van der Waals surface area contributed by atoms with Crippen LogP contribution < -0.4 is 9.47 Å². The van der Waals surface area contributed by atoms with Crippen LogP contribution >= 0.6 is 23.2 Å². The molecular formula is C30H24Cl2N2O5. The summed E-state index contributed by atoms with van der Waals surface area (Å²) in [5.74, 6) is -0.175. The molecule has 1 heterocycles. The van der Waals surface area contributed by atoms with Crippen molar-refractivity contribution < 1.29 is 23.8 Å². The Balaban J connectivity index is 1.31. The van der Waals surface area contributed by atoms with Crippen LogP contribution in [0.4, 0.5) is 0 Å². The highest BCUT2D eigenvalue weighted by molar-refractivity contribution is 6.35. The number of carbonyl (C=O) groups is 2. The number of amides is 1. The molecule has 1 atom stereocenters. The maximum Gasteiger partial charge on any atom is 0.344 e. The van der Waals surface area contributed by atoms with E-state index in [1.807, 2.05) is 60.7 Å². The van der Waals surface area contributed by atoms with Gasteiger partial charge in [-0.2, -0.15) is 5.10 Å². The van der Waals surface area contributed by atoms with Crippen LogP contribution in [-0.4, -0.2) is 42.9 Å². The third-order valence-corrected chi connectivity index (χ3v) is 6.88. The van der Waals surface area contributed by atoms with Crippen LogP contribution in [0.3, 0.4) is 0 Å². The van der Waals surface area contributed by atoms with Crippen molar-refractivity contribution in [3.63, 3.8) is 0 Å². The molecule has 1 unspecified atom stereocenters. The van der Waals surface area contributed by atoms with Gasteiger partial charge in [0.2, 0.25) is 0 Å². The van der Waals surface area contributed by atoms with Crippen LogP contribution in [0.5, 0.6) is 11.5 Å². The summed E-state index contributed by atoms with van der Waals surface area (Å²) in [6.45, 7) is -0.903. The zero-order valence-electron chi connectivity index (χ0n) is 21.0. The molecule has 0 fully saturated rings. The van der Waals surface area contributed by atoms with E-state index >= 15 is 0 Å². The minimum Gasteiger partial charge on any atom is -0.497 e. The Morgan fingerprint density at radius 1 is 0.923 bits per heavy atom. The molecular weight excluding hydrogens is 539 g/mol. The Kier molecular flexibility index (Phi) is 8.00. The minimum atomic E-state index is -0.715. The maximum atomic E-state index is 13.3. The van der Waals surface area contributed by atoms with Gasteiger partial charge in [-0.15, -0.1) is 0 Å². The molecule has 7 nitrogen and oxygen atoms in total. The molecule has 0 saturated heterocycles. The number of halogens is 2. The van der Waals surface area contributed by atoms with E-state index in [0.29, 0.717) is 17.2 Å². The van der Waals surface area contributed by atoms with Gasteiger partial charge >= 0.3 is 5.97 Å². The first-order valence-corrected chi connectivity index (χ1v) is 12.9. The fraction of sp³-hybridized carbons (Fsp3) is 0.167. The topological polar surface area (TPSA) is 77.4 Å². The highest BCUT2D eigenvalue weighted by Crippen LogP contribution is 2.34. The fourth-order valence-electron chi connectivity index (χ4n) is 4.35. The molecule has 39 heavy (non-hydrogen) atoms. The van der Waals surface area contributed by atoms with Crippen LogP contribution in [0.15, 0.2) is 90.0 Å². The Labute approximate surface area is 235 Å². The van der Waals surface area contributed by atoms with Gasteiger partial charge in [0, 0.05) is 11.4 Å². The first-order valence-electron chi connectivity index (χ1n) is 12.2. The van der Waals surface area contributed by atoms with Gasteiger partial charge in [0.1, 0.15) is 11.5 Å². The molecule has 5 rings (SSSR count). The number of hydrogen-bond donors (Lipinski definition) is 0. The zero-order valence-corrected chi connectivity index (χ0v) is 22.5. The first-order chi connectivity index (χ1) is 18.9. The highest BCUT2D eigenvalue weighted by Gasteiger charge is 2.33. The molecule has 9 heteroatoms. The number of methoxy groups -OCH3 is 1. The lowest BCUT2D eigenvalue weighted by molar-refractivity contribution is -0.154. The van der Waals surface area contributed by atoms with Gasteiger partial charge in [-0.25, -0.2) is 9.80 Å². The molecule has 1 amide bonds. The molecule has 0 aliphatic carbocycles. The molecule has 4 aromatic carbocycles. The number of nitrogens with zero attached hydrogens (tertiary/aromatic N) is 2. The summed E-state index contributed by atoms with van der Waals surface area (Å²) in [6, 6.07) is 25.9. The van der Waals surface area contributed by atoms with Crippen LogP contribution in [0, 0.1) is 0 Å². The van der Waals surface area contributed by atoms with Crippen molar-refractivity contribution in [1.82, 2.24) is 5.01 Å². The van der Waals surface area contributed by atoms with Crippen LogP contribution in [0.2, 0.25) is 10.0 Å². The smallest absolute Gasteiger partial charge is 0.344 e. The number of rotatable bonds is 8. The summed E-state index contributed by atoms with van der Waals surface area (Å²) in [7, 11) is 1.60. The van der Waals surface area contributed by atoms with E-state index in [0.717, 1.165) is 27.6 Å². The van der Waals surface area contributed by atoms with Crippen molar-refractivity contribution in [3.05, 3.63) is 106 Å². The monoisotopic (exact) mass is 562 g/mol. The van der Waals surface area contributed by atoms with Crippen molar-refractivity contribution in [2.75, 3.05) is 20.3 Å². The lowest BCUT2D eigenvalue weighted by Crippen LogP contribution is -2.32. The number of hydrogen-bond acceptors (Lipinski definition) is 6. The lowest BCUT2D eigenvalue weighted by atomic mass is 9.97. The van der Waals surface area contributed by atoms with E-state index in [1.165, 1.54) is 11.1 Å². The van der Waals surface area contributed by atoms with Crippen molar-refractivity contribution in [2.45, 2.75) is 12.5 Å². The van der Waals surface area contributed by atoms with Gasteiger partial charge in [-0.05, 0) is 58.3 Å². The molecule has 4 aromatic rings. The number of fused-ring (bicyclic) bond motifs is 1. The van der Waals surface area contributed by atoms with Gasteiger partial charge in [0.25, 0.3) is 5.91 Å². The van der Waals surface area contributed by atoms with Gasteiger partial charge in [-0.3, -0.25) is 4.79 Å². The summed E-state index contributed by atoms with van der Waals surface area (Å²) in [6.07, 6.45) is 0.503. The fourth-order valence-corrected chi connectivity index (χ4v) is 4.81. The third kappa shape index (κ3) is 6.16. The SMILES string of the molecule is COc1ccc(C2CC(c3ccc4ccccc4c3)=NN2C(=O)COC(=O)COc2ccc(Cl)cc2Cl)cc1. The second-order valence-electron chi connectivity index (χ2n) is 8.86. The maximum absolute atomic E-state index is 13.3. The number of ether oxygens (including phenoxy) is 3. The van der Waals surface area contributed by atoms with E-state index in [9.17, 15) is 9.59 Å². The van der Waals surface area contributed by atoms with Crippen LogP contribution in [-0.2, 0) is 14.3 Å². The zero-order chi connectivity index (χ0) is 27.4. The van der Waals surface area contributed by atoms with Crippen LogP contribution in [0.25, 0.3) is 10.8 Å². The highest BCUT2D eigenvalue weighted by atomic mass is 35.5.